The lowest BCUT2D eigenvalue weighted by Gasteiger charge is -2.05. The van der Waals surface area contributed by atoms with Gasteiger partial charge in [0.2, 0.25) is 0 Å². The Morgan fingerprint density at radius 3 is 2.52 bits per heavy atom. The van der Waals surface area contributed by atoms with Crippen LogP contribution in [0.3, 0.4) is 0 Å². The average Bonchev–Trinajstić information content (AvgIpc) is 2.52. The molecule has 0 saturated heterocycles. The molecule has 0 bridgehead atoms. The summed E-state index contributed by atoms with van der Waals surface area (Å²) in [5.74, 6) is -1.29. The van der Waals surface area contributed by atoms with E-state index in [0.29, 0.717) is 37.2 Å². The molecule has 0 saturated carbocycles. The molecule has 0 aliphatic rings. The normalized spacial score (nSPS) is 10.7. The molecular weight excluding hydrogens is 296 g/mol. The molecule has 7 nitrogen and oxygen atoms in total. The maximum atomic E-state index is 11.8. The van der Waals surface area contributed by atoms with Crippen molar-refractivity contribution in [1.82, 2.24) is 5.32 Å². The summed E-state index contributed by atoms with van der Waals surface area (Å²) >= 11 is 0. The number of amides is 1. The topological polar surface area (TPSA) is 128 Å². The predicted octanol–water partition coefficient (Wildman–Crippen LogP) is 1.85. The lowest BCUT2D eigenvalue weighted by Crippen LogP contribution is -2.26. The minimum absolute atomic E-state index is 0.0349. The van der Waals surface area contributed by atoms with E-state index in [4.69, 9.17) is 16.1 Å². The van der Waals surface area contributed by atoms with Crippen LogP contribution in [0, 0.1) is 11.3 Å². The Bertz CT molecular complexity index is 603. The highest BCUT2D eigenvalue weighted by Gasteiger charge is 2.07. The first-order valence-corrected chi connectivity index (χ1v) is 7.25. The third-order valence-corrected chi connectivity index (χ3v) is 3.01. The molecule has 1 amide bonds. The fraction of sp³-hybridized carbons (Fsp3) is 0.312. The summed E-state index contributed by atoms with van der Waals surface area (Å²) in [7, 11) is 0. The fourth-order valence-corrected chi connectivity index (χ4v) is 1.76. The Balaban J connectivity index is 2.36. The summed E-state index contributed by atoms with van der Waals surface area (Å²) in [5, 5.41) is 23.0. The maximum Gasteiger partial charge on any atom is 0.303 e. The number of anilines is 2. The molecule has 0 aliphatic heterocycles. The molecule has 5 N–H and O–H groups in total. The van der Waals surface area contributed by atoms with Crippen molar-refractivity contribution in [2.45, 2.75) is 25.7 Å². The summed E-state index contributed by atoms with van der Waals surface area (Å²) < 4.78 is 0. The van der Waals surface area contributed by atoms with Crippen LogP contribution in [0.2, 0.25) is 0 Å². The van der Waals surface area contributed by atoms with E-state index in [-0.39, 0.29) is 12.0 Å². The number of nitrogens with two attached hydrogens (primary N) is 1. The number of carboxylic acids is 1. The second kappa shape index (κ2) is 9.84. The number of nitriles is 1. The number of nitrogens with one attached hydrogen (secondary N) is 2. The number of carboxylic acid groups (broad SMARTS) is 1. The molecule has 7 heteroatoms. The zero-order valence-corrected chi connectivity index (χ0v) is 12.7. The highest BCUT2D eigenvalue weighted by molar-refractivity contribution is 5.97. The van der Waals surface area contributed by atoms with Gasteiger partial charge in [0.25, 0.3) is 5.91 Å². The van der Waals surface area contributed by atoms with Crippen LogP contribution in [0.25, 0.3) is 0 Å². The highest BCUT2D eigenvalue weighted by Crippen LogP contribution is 2.10. The highest BCUT2D eigenvalue weighted by atomic mass is 16.4. The lowest BCUT2D eigenvalue weighted by atomic mass is 10.2. The molecule has 23 heavy (non-hydrogen) atoms. The lowest BCUT2D eigenvalue weighted by molar-refractivity contribution is -0.137. The van der Waals surface area contributed by atoms with Crippen LogP contribution in [-0.4, -0.2) is 23.5 Å². The number of carbonyl (C=O) groups is 2. The third-order valence-electron chi connectivity index (χ3n) is 3.01. The Morgan fingerprint density at radius 2 is 1.91 bits per heavy atom. The maximum absolute atomic E-state index is 11.8. The molecule has 0 heterocycles. The van der Waals surface area contributed by atoms with Crippen molar-refractivity contribution in [2.24, 2.45) is 0 Å². The van der Waals surface area contributed by atoms with Crippen LogP contribution in [-0.2, 0) is 9.59 Å². The molecule has 0 aromatic heterocycles. The molecule has 0 fully saturated rings. The number of benzene rings is 1. The minimum Gasteiger partial charge on any atom is -0.481 e. The number of unbranched alkanes of at least 4 members (excludes halogenated alkanes) is 2. The van der Waals surface area contributed by atoms with Crippen molar-refractivity contribution in [3.8, 4) is 6.07 Å². The van der Waals surface area contributed by atoms with Gasteiger partial charge in [0, 0.05) is 30.5 Å². The van der Waals surface area contributed by atoms with Gasteiger partial charge in [-0.05, 0) is 37.1 Å². The Hall–Kier alpha value is -3.01. The number of nitrogens with zero attached hydrogens (tertiary/aromatic N) is 1. The molecule has 122 valence electrons. The van der Waals surface area contributed by atoms with Crippen LogP contribution in [0.5, 0.6) is 0 Å². The van der Waals surface area contributed by atoms with Crippen molar-refractivity contribution < 1.29 is 14.7 Å². The summed E-state index contributed by atoms with van der Waals surface area (Å²) in [4.78, 5) is 22.2. The van der Waals surface area contributed by atoms with E-state index in [2.05, 4.69) is 10.6 Å². The van der Waals surface area contributed by atoms with Crippen molar-refractivity contribution in [2.75, 3.05) is 17.6 Å². The molecule has 0 unspecified atom stereocenters. The molecule has 0 radical (unpaired) electrons. The fourth-order valence-electron chi connectivity index (χ4n) is 1.76. The Labute approximate surface area is 134 Å². The number of carbonyl (C=O) groups excluding carboxylic acids is 1. The second-order valence-corrected chi connectivity index (χ2v) is 4.90. The van der Waals surface area contributed by atoms with E-state index in [0.717, 1.165) is 0 Å². The van der Waals surface area contributed by atoms with Gasteiger partial charge in [0.1, 0.15) is 11.6 Å². The molecule has 0 aliphatic carbocycles. The van der Waals surface area contributed by atoms with E-state index < -0.39 is 11.9 Å². The van der Waals surface area contributed by atoms with Gasteiger partial charge < -0.3 is 21.5 Å². The molecule has 1 aromatic carbocycles. The molecule has 1 rings (SSSR count). The Morgan fingerprint density at radius 1 is 1.22 bits per heavy atom. The molecule has 1 aromatic rings. The largest absolute Gasteiger partial charge is 0.481 e. The van der Waals surface area contributed by atoms with Crippen LogP contribution in [0.4, 0.5) is 11.4 Å². The summed E-state index contributed by atoms with van der Waals surface area (Å²) in [6.45, 7) is 0.402. The summed E-state index contributed by atoms with van der Waals surface area (Å²) in [6.07, 6.45) is 3.42. The van der Waals surface area contributed by atoms with Crippen molar-refractivity contribution in [3.63, 3.8) is 0 Å². The molecular formula is C16H20N4O3. The van der Waals surface area contributed by atoms with Gasteiger partial charge in [-0.3, -0.25) is 9.59 Å². The first-order chi connectivity index (χ1) is 11.0. The third kappa shape index (κ3) is 7.52. The number of aliphatic carboxylic acids is 1. The van der Waals surface area contributed by atoms with Crippen molar-refractivity contribution in [3.05, 3.63) is 36.0 Å². The molecule has 0 spiro atoms. The quantitative estimate of drug-likeness (QED) is 0.238. The van der Waals surface area contributed by atoms with Gasteiger partial charge in [0.15, 0.2) is 0 Å². The Kier molecular flexibility index (Phi) is 7.72. The van der Waals surface area contributed by atoms with Gasteiger partial charge in [-0.2, -0.15) is 5.26 Å². The van der Waals surface area contributed by atoms with E-state index in [1.807, 2.05) is 6.07 Å². The van der Waals surface area contributed by atoms with E-state index in [1.165, 1.54) is 6.20 Å². The summed E-state index contributed by atoms with van der Waals surface area (Å²) in [6, 6.07) is 8.72. The van der Waals surface area contributed by atoms with E-state index >= 15 is 0 Å². The van der Waals surface area contributed by atoms with Gasteiger partial charge >= 0.3 is 5.97 Å². The first kappa shape index (κ1) is 18.0. The number of hydrogen-bond donors (Lipinski definition) is 4. The van der Waals surface area contributed by atoms with E-state index in [9.17, 15) is 9.59 Å². The van der Waals surface area contributed by atoms with Gasteiger partial charge in [-0.1, -0.05) is 6.42 Å². The first-order valence-electron chi connectivity index (χ1n) is 7.25. The zero-order chi connectivity index (χ0) is 17.1. The smallest absolute Gasteiger partial charge is 0.303 e. The number of rotatable bonds is 9. The predicted molar refractivity (Wildman–Crippen MR) is 87.3 cm³/mol. The monoisotopic (exact) mass is 316 g/mol. The zero-order valence-electron chi connectivity index (χ0n) is 12.7. The van der Waals surface area contributed by atoms with Gasteiger partial charge in [0.05, 0.1) is 0 Å². The molecule has 0 atom stereocenters. The minimum atomic E-state index is -0.822. The van der Waals surface area contributed by atoms with Crippen LogP contribution >= 0.6 is 0 Å². The van der Waals surface area contributed by atoms with Crippen molar-refractivity contribution in [1.29, 1.82) is 5.26 Å². The van der Waals surface area contributed by atoms with Crippen LogP contribution in [0.15, 0.2) is 36.0 Å². The van der Waals surface area contributed by atoms with Crippen molar-refractivity contribution >= 4 is 23.3 Å². The van der Waals surface area contributed by atoms with Gasteiger partial charge in [-0.15, -0.1) is 0 Å². The number of nitrogen functional groups attached to an aromatic ring is 1. The standard InChI is InChI=1S/C16H20N4O3/c17-10-12(11-20-14-7-5-13(18)6-8-14)16(23)19-9-3-1-2-4-15(21)22/h5-8,11,20H,1-4,9,18H2,(H,19,23)(H,21,22)/b12-11-. The van der Waals surface area contributed by atoms with E-state index in [1.54, 1.807) is 24.3 Å². The van der Waals surface area contributed by atoms with Crippen LogP contribution in [0.1, 0.15) is 25.7 Å². The van der Waals surface area contributed by atoms with Crippen LogP contribution < -0.4 is 16.4 Å². The summed E-state index contributed by atoms with van der Waals surface area (Å²) in [5.41, 5.74) is 6.88. The van der Waals surface area contributed by atoms with Gasteiger partial charge in [-0.25, -0.2) is 0 Å². The number of hydrogen-bond acceptors (Lipinski definition) is 5. The SMILES string of the molecule is N#C/C(=C/Nc1ccc(N)cc1)C(=O)NCCCCCC(=O)O. The average molecular weight is 316 g/mol. The second-order valence-electron chi connectivity index (χ2n) is 4.90.